The number of hydrogen-bond donors (Lipinski definition) is 0. The first-order valence-corrected chi connectivity index (χ1v) is 40.9. The Morgan fingerprint density at radius 1 is 0.240 bits per heavy atom. The number of carbonyl (C=O) groups is 6. The first-order chi connectivity index (χ1) is 48.8. The fourth-order valence-corrected chi connectivity index (χ4v) is 11.2. The summed E-state index contributed by atoms with van der Waals surface area (Å²) in [6.45, 7) is 12.1. The van der Waals surface area contributed by atoms with Crippen molar-refractivity contribution in [3.05, 3.63) is 0 Å². The number of ether oxygens (including phenoxy) is 6. The lowest BCUT2D eigenvalue weighted by molar-refractivity contribution is -0.151. The molecule has 0 rings (SSSR count). The van der Waals surface area contributed by atoms with Gasteiger partial charge >= 0.3 is 35.8 Å². The van der Waals surface area contributed by atoms with Gasteiger partial charge in [-0.3, -0.25) is 28.8 Å². The number of rotatable bonds is 66. The molecule has 100 heavy (non-hydrogen) atoms. The molecule has 0 saturated carbocycles. The van der Waals surface area contributed by atoms with Gasteiger partial charge in [-0.05, 0) is 157 Å². The lowest BCUT2D eigenvalue weighted by atomic mass is 10.0. The quantitative estimate of drug-likeness (QED) is 0.0244. The molecule has 0 aliphatic heterocycles. The third-order valence-electron chi connectivity index (χ3n) is 17.3. The second-order valence-corrected chi connectivity index (χ2v) is 27.8. The summed E-state index contributed by atoms with van der Waals surface area (Å²) < 4.78 is 33.1. The number of unbranched alkanes of at least 4 members (excludes halogenated alkanes) is 32. The molecule has 0 radical (unpaired) electrons. The Morgan fingerprint density at radius 3 is 0.670 bits per heavy atom. The van der Waals surface area contributed by atoms with Gasteiger partial charge in [0.05, 0.1) is 0 Å². The van der Waals surface area contributed by atoms with Gasteiger partial charge in [0.2, 0.25) is 0 Å². The van der Waals surface area contributed by atoms with Crippen molar-refractivity contribution in [1.82, 2.24) is 9.80 Å². The molecule has 0 heterocycles. The maximum atomic E-state index is 12.5. The highest BCUT2D eigenvalue weighted by atomic mass is 16.6. The first-order valence-electron chi connectivity index (χ1n) is 40.9. The topological polar surface area (TPSA) is 164 Å². The smallest absolute Gasteiger partial charge is 0.306 e. The van der Waals surface area contributed by atoms with Crippen LogP contribution in [0.4, 0.5) is 0 Å². The highest BCUT2D eigenvalue weighted by Crippen LogP contribution is 2.21. The second-order valence-electron chi connectivity index (χ2n) is 27.8. The van der Waals surface area contributed by atoms with Gasteiger partial charge in [0.1, 0.15) is 38.6 Å². The van der Waals surface area contributed by atoms with Crippen LogP contribution in [0, 0.1) is 47.4 Å². The molecule has 0 amide bonds. The van der Waals surface area contributed by atoms with Gasteiger partial charge in [0, 0.05) is 89.9 Å². The van der Waals surface area contributed by atoms with Crippen molar-refractivity contribution in [2.45, 2.75) is 399 Å². The van der Waals surface area contributed by atoms with Crippen molar-refractivity contribution in [3.8, 4) is 47.4 Å². The Labute approximate surface area is 614 Å². The zero-order chi connectivity index (χ0) is 73.5. The van der Waals surface area contributed by atoms with Crippen LogP contribution < -0.4 is 0 Å². The summed E-state index contributed by atoms with van der Waals surface area (Å²) in [5.74, 6) is 24.4. The monoisotopic (exact) mass is 1400 g/mol. The molecule has 0 saturated heterocycles. The highest BCUT2D eigenvalue weighted by Gasteiger charge is 2.17. The van der Waals surface area contributed by atoms with Gasteiger partial charge < -0.3 is 38.2 Å². The van der Waals surface area contributed by atoms with Crippen LogP contribution in [-0.2, 0) is 57.2 Å². The SMILES string of the molecule is CCCCCCC#CCCOC(=O)CCCCCCCC(CCCCCCCC(=O)OCCC#CCCCCCC)OC(=O)CCCN(C)C.CCCCCCC#CCCOC(=O)CCCCCCCC(CCCCCCCC(=O)OCCC#CCCCCCC)OC(=O)CCCN(C)C. The Bertz CT molecular complexity index is 1910. The highest BCUT2D eigenvalue weighted by molar-refractivity contribution is 5.71. The molecular weight excluding hydrogens is 1250 g/mol. The van der Waals surface area contributed by atoms with Crippen molar-refractivity contribution in [3.63, 3.8) is 0 Å². The summed E-state index contributed by atoms with van der Waals surface area (Å²) in [6, 6.07) is 0. The van der Waals surface area contributed by atoms with Crippen LogP contribution in [0.15, 0.2) is 0 Å². The summed E-state index contributed by atoms with van der Waals surface area (Å²) in [6.07, 6.45) is 53.7. The van der Waals surface area contributed by atoms with Crippen LogP contribution in [-0.4, -0.2) is 126 Å². The number of nitrogens with zero attached hydrogens (tertiary/aromatic N) is 2. The average Bonchev–Trinajstić information content (AvgIpc) is 1.80. The van der Waals surface area contributed by atoms with E-state index in [4.69, 9.17) is 28.4 Å². The summed E-state index contributed by atoms with van der Waals surface area (Å²) >= 11 is 0. The van der Waals surface area contributed by atoms with Crippen LogP contribution in [0.3, 0.4) is 0 Å². The molecule has 0 unspecified atom stereocenters. The molecule has 0 N–H and O–H groups in total. The van der Waals surface area contributed by atoms with Crippen LogP contribution in [0.25, 0.3) is 0 Å². The molecule has 0 aliphatic rings. The van der Waals surface area contributed by atoms with Gasteiger partial charge in [-0.15, -0.1) is 23.7 Å². The summed E-state index contributed by atoms with van der Waals surface area (Å²) in [5, 5.41) is 0. The van der Waals surface area contributed by atoms with Crippen molar-refractivity contribution < 1.29 is 57.2 Å². The zero-order valence-corrected chi connectivity index (χ0v) is 65.8. The fourth-order valence-electron chi connectivity index (χ4n) is 11.2. The molecule has 0 aliphatic carbocycles. The van der Waals surface area contributed by atoms with E-state index in [9.17, 15) is 28.8 Å². The van der Waals surface area contributed by atoms with Crippen LogP contribution >= 0.6 is 0 Å². The van der Waals surface area contributed by atoms with E-state index in [2.05, 4.69) is 84.9 Å². The van der Waals surface area contributed by atoms with Gasteiger partial charge in [-0.1, -0.05) is 205 Å². The van der Waals surface area contributed by atoms with E-state index in [1.165, 1.54) is 77.0 Å². The Kier molecular flexibility index (Phi) is 77.3. The third-order valence-corrected chi connectivity index (χ3v) is 17.3. The summed E-state index contributed by atoms with van der Waals surface area (Å²) in [4.78, 5) is 77.2. The third kappa shape index (κ3) is 80.3. The maximum Gasteiger partial charge on any atom is 0.306 e. The van der Waals surface area contributed by atoms with Gasteiger partial charge in [-0.25, -0.2) is 0 Å². The average molecular weight is 1400 g/mol. The standard InChI is InChI=1S/2C43H75NO6/c2*1-5-7-9-11-13-15-23-29-38-48-41(45)34-27-21-17-19-25-32-40(50-43(47)36-31-37-44(3)4)33-26-20-18-22-28-35-42(46)49-39-30-24-16-14-12-10-8-6-2/h2*40H,5-14,17-22,25-39H2,1-4H3. The predicted molar refractivity (Wildman–Crippen MR) is 413 cm³/mol. The van der Waals surface area contributed by atoms with E-state index in [0.717, 1.165) is 231 Å². The lowest BCUT2D eigenvalue weighted by Gasteiger charge is -2.18. The normalized spacial score (nSPS) is 10.8. The van der Waals surface area contributed by atoms with Crippen molar-refractivity contribution in [1.29, 1.82) is 0 Å². The minimum absolute atomic E-state index is 0.0364. The maximum absolute atomic E-state index is 12.5. The molecule has 0 bridgehead atoms. The number of esters is 6. The number of carbonyl (C=O) groups excluding carboxylic acids is 6. The summed E-state index contributed by atoms with van der Waals surface area (Å²) in [5.41, 5.74) is 0. The molecule has 0 spiro atoms. The molecule has 14 heteroatoms. The van der Waals surface area contributed by atoms with E-state index in [0.29, 0.717) is 90.6 Å². The molecule has 576 valence electrons. The largest absolute Gasteiger partial charge is 0.465 e. The second kappa shape index (κ2) is 79.7. The van der Waals surface area contributed by atoms with E-state index < -0.39 is 0 Å². The molecule has 0 fully saturated rings. The minimum Gasteiger partial charge on any atom is -0.465 e. The fraction of sp³-hybridized carbons (Fsp3) is 0.837. The predicted octanol–water partition coefficient (Wildman–Crippen LogP) is 21.0. The lowest BCUT2D eigenvalue weighted by Crippen LogP contribution is -2.20. The Hall–Kier alpha value is -5.02. The van der Waals surface area contributed by atoms with Crippen molar-refractivity contribution >= 4 is 35.8 Å². The molecule has 0 aromatic carbocycles. The zero-order valence-electron chi connectivity index (χ0n) is 65.8. The summed E-state index contributed by atoms with van der Waals surface area (Å²) in [7, 11) is 8.06. The van der Waals surface area contributed by atoms with E-state index in [1.807, 2.05) is 28.2 Å². The molecule has 0 aromatic heterocycles. The first kappa shape index (κ1) is 97.0. The molecular formula is C86H150N2O12. The van der Waals surface area contributed by atoms with Gasteiger partial charge in [0.15, 0.2) is 0 Å². The Morgan fingerprint density at radius 2 is 0.440 bits per heavy atom. The molecule has 0 atom stereocenters. The van der Waals surface area contributed by atoms with Crippen LogP contribution in [0.5, 0.6) is 0 Å². The molecule has 0 aromatic rings. The van der Waals surface area contributed by atoms with E-state index >= 15 is 0 Å². The van der Waals surface area contributed by atoms with Crippen molar-refractivity contribution in [2.75, 3.05) is 67.7 Å². The Balaban J connectivity index is 0. The van der Waals surface area contributed by atoms with Gasteiger partial charge in [0.25, 0.3) is 0 Å². The minimum atomic E-state index is -0.125. The van der Waals surface area contributed by atoms with Crippen molar-refractivity contribution in [2.24, 2.45) is 0 Å². The van der Waals surface area contributed by atoms with E-state index in [1.54, 1.807) is 0 Å². The van der Waals surface area contributed by atoms with Gasteiger partial charge in [-0.2, -0.15) is 0 Å². The number of hydrogen-bond acceptors (Lipinski definition) is 14. The van der Waals surface area contributed by atoms with Crippen LogP contribution in [0.2, 0.25) is 0 Å². The van der Waals surface area contributed by atoms with E-state index in [-0.39, 0.29) is 48.0 Å². The molecule has 14 nitrogen and oxygen atoms in total. The van der Waals surface area contributed by atoms with Crippen LogP contribution in [0.1, 0.15) is 387 Å².